The van der Waals surface area contributed by atoms with Crippen LogP contribution in [0.3, 0.4) is 0 Å². The first kappa shape index (κ1) is 19.8. The SMILES string of the molecule is CCOC(=O)C(C)CC(F)(C(F)(F)F)C(F)(F)C(F)(F)F. The van der Waals surface area contributed by atoms with Crippen molar-refractivity contribution >= 4 is 5.97 Å². The lowest BCUT2D eigenvalue weighted by Gasteiger charge is -2.36. The molecule has 0 heterocycles. The monoisotopic (exact) mass is 334 g/mol. The standard InChI is InChI=1S/C10H11F9O2/c1-3-21-6(20)5(2)4-7(11,9(14,15)16)8(12,13)10(17,18)19/h5H,3-4H2,1-2H3. The zero-order valence-electron chi connectivity index (χ0n) is 10.7. The molecule has 0 saturated carbocycles. The van der Waals surface area contributed by atoms with Gasteiger partial charge in [-0.2, -0.15) is 35.1 Å². The highest BCUT2D eigenvalue weighted by molar-refractivity contribution is 5.72. The molecule has 0 aromatic heterocycles. The average Bonchev–Trinajstić information content (AvgIpc) is 2.25. The van der Waals surface area contributed by atoms with Crippen LogP contribution in [0.15, 0.2) is 0 Å². The third kappa shape index (κ3) is 3.73. The van der Waals surface area contributed by atoms with Gasteiger partial charge in [-0.1, -0.05) is 6.92 Å². The molecule has 0 amide bonds. The highest BCUT2D eigenvalue weighted by atomic mass is 19.4. The second-order valence-electron chi connectivity index (χ2n) is 4.23. The summed E-state index contributed by atoms with van der Waals surface area (Å²) in [5, 5.41) is 0. The van der Waals surface area contributed by atoms with Crippen molar-refractivity contribution in [1.82, 2.24) is 0 Å². The molecular formula is C10H11F9O2. The van der Waals surface area contributed by atoms with Crippen molar-refractivity contribution in [2.24, 2.45) is 5.92 Å². The van der Waals surface area contributed by atoms with E-state index in [-0.39, 0.29) is 6.61 Å². The van der Waals surface area contributed by atoms with Crippen LogP contribution in [0.5, 0.6) is 0 Å². The van der Waals surface area contributed by atoms with Gasteiger partial charge in [0.05, 0.1) is 12.5 Å². The number of esters is 1. The smallest absolute Gasteiger partial charge is 0.457 e. The molecule has 0 bridgehead atoms. The van der Waals surface area contributed by atoms with Crippen LogP contribution in [-0.2, 0) is 9.53 Å². The van der Waals surface area contributed by atoms with Gasteiger partial charge in [-0.15, -0.1) is 0 Å². The van der Waals surface area contributed by atoms with Gasteiger partial charge in [0.2, 0.25) is 0 Å². The van der Waals surface area contributed by atoms with Crippen LogP contribution >= 0.6 is 0 Å². The molecule has 126 valence electrons. The molecule has 2 unspecified atom stereocenters. The molecular weight excluding hydrogens is 323 g/mol. The van der Waals surface area contributed by atoms with Crippen LogP contribution in [-0.4, -0.2) is 36.5 Å². The van der Waals surface area contributed by atoms with Crippen LogP contribution in [0, 0.1) is 5.92 Å². The van der Waals surface area contributed by atoms with Gasteiger partial charge in [-0.05, 0) is 6.92 Å². The first-order valence-corrected chi connectivity index (χ1v) is 5.48. The summed E-state index contributed by atoms with van der Waals surface area (Å²) in [6.45, 7) is 1.43. The van der Waals surface area contributed by atoms with Gasteiger partial charge in [-0.3, -0.25) is 4.79 Å². The molecule has 0 aromatic rings. The van der Waals surface area contributed by atoms with E-state index < -0.39 is 42.3 Å². The van der Waals surface area contributed by atoms with Gasteiger partial charge in [-0.25, -0.2) is 4.39 Å². The Kier molecular flexibility index (Phi) is 5.59. The van der Waals surface area contributed by atoms with E-state index in [0.29, 0.717) is 6.92 Å². The lowest BCUT2D eigenvalue weighted by Crippen LogP contribution is -2.62. The Labute approximate surface area is 113 Å². The Morgan fingerprint density at radius 3 is 1.67 bits per heavy atom. The summed E-state index contributed by atoms with van der Waals surface area (Å²) < 4.78 is 117. The highest BCUT2D eigenvalue weighted by Gasteiger charge is 2.81. The second kappa shape index (κ2) is 5.91. The fourth-order valence-electron chi connectivity index (χ4n) is 1.44. The summed E-state index contributed by atoms with van der Waals surface area (Å²) >= 11 is 0. The van der Waals surface area contributed by atoms with Gasteiger partial charge in [0.1, 0.15) is 0 Å². The van der Waals surface area contributed by atoms with E-state index in [1.807, 2.05) is 0 Å². The van der Waals surface area contributed by atoms with Crippen molar-refractivity contribution in [2.45, 2.75) is 44.2 Å². The third-order valence-corrected chi connectivity index (χ3v) is 2.58. The first-order chi connectivity index (χ1) is 9.12. The van der Waals surface area contributed by atoms with Crippen LogP contribution in [0.4, 0.5) is 39.5 Å². The van der Waals surface area contributed by atoms with E-state index in [1.54, 1.807) is 0 Å². The number of carbonyl (C=O) groups excluding carboxylic acids is 1. The molecule has 2 nitrogen and oxygen atoms in total. The summed E-state index contributed by atoms with van der Waals surface area (Å²) in [5.41, 5.74) is -5.94. The molecule has 0 fully saturated rings. The quantitative estimate of drug-likeness (QED) is 0.560. The third-order valence-electron chi connectivity index (χ3n) is 2.58. The van der Waals surface area contributed by atoms with Crippen molar-refractivity contribution in [3.8, 4) is 0 Å². The predicted octanol–water partition coefficient (Wildman–Crippen LogP) is 4.04. The van der Waals surface area contributed by atoms with E-state index in [2.05, 4.69) is 4.74 Å². The van der Waals surface area contributed by atoms with E-state index in [0.717, 1.165) is 0 Å². The Morgan fingerprint density at radius 2 is 1.38 bits per heavy atom. The highest BCUT2D eigenvalue weighted by Crippen LogP contribution is 2.55. The van der Waals surface area contributed by atoms with Crippen molar-refractivity contribution < 1.29 is 49.0 Å². The fourth-order valence-corrected chi connectivity index (χ4v) is 1.44. The largest absolute Gasteiger partial charge is 0.466 e. The molecule has 0 aromatic carbocycles. The summed E-state index contributed by atoms with van der Waals surface area (Å²) in [7, 11) is 0. The average molecular weight is 334 g/mol. The van der Waals surface area contributed by atoms with Crippen LogP contribution in [0.2, 0.25) is 0 Å². The maximum atomic E-state index is 13.6. The van der Waals surface area contributed by atoms with Gasteiger partial charge in [0, 0.05) is 6.42 Å². The molecule has 11 heteroatoms. The molecule has 0 aliphatic heterocycles. The van der Waals surface area contributed by atoms with Crippen molar-refractivity contribution in [1.29, 1.82) is 0 Å². The van der Waals surface area contributed by atoms with Crippen LogP contribution < -0.4 is 0 Å². The molecule has 21 heavy (non-hydrogen) atoms. The normalized spacial score (nSPS) is 18.0. The maximum absolute atomic E-state index is 13.6. The minimum atomic E-state index is -6.77. The van der Waals surface area contributed by atoms with Crippen molar-refractivity contribution in [3.63, 3.8) is 0 Å². The Balaban J connectivity index is 5.66. The van der Waals surface area contributed by atoms with Crippen molar-refractivity contribution in [3.05, 3.63) is 0 Å². The molecule has 0 spiro atoms. The van der Waals surface area contributed by atoms with Crippen LogP contribution in [0.1, 0.15) is 20.3 Å². The van der Waals surface area contributed by atoms with Gasteiger partial charge < -0.3 is 4.74 Å². The fraction of sp³-hybridized carbons (Fsp3) is 0.900. The Morgan fingerprint density at radius 1 is 0.952 bits per heavy atom. The number of halogens is 9. The van der Waals surface area contributed by atoms with Gasteiger partial charge in [0.15, 0.2) is 0 Å². The first-order valence-electron chi connectivity index (χ1n) is 5.48. The summed E-state index contributed by atoms with van der Waals surface area (Å²) in [4.78, 5) is 11.0. The Bertz CT molecular complexity index is 374. The second-order valence-corrected chi connectivity index (χ2v) is 4.23. The summed E-state index contributed by atoms with van der Waals surface area (Å²) in [6.07, 6.45) is -15.7. The molecule has 0 rings (SSSR count). The minimum Gasteiger partial charge on any atom is -0.466 e. The lowest BCUT2D eigenvalue weighted by molar-refractivity contribution is -0.385. The van der Waals surface area contributed by atoms with E-state index in [4.69, 9.17) is 0 Å². The molecule has 0 aliphatic rings. The number of carbonyl (C=O) groups is 1. The molecule has 0 N–H and O–H groups in total. The number of alkyl halides is 9. The summed E-state index contributed by atoms with van der Waals surface area (Å²) in [6, 6.07) is 0. The van der Waals surface area contributed by atoms with E-state index >= 15 is 0 Å². The lowest BCUT2D eigenvalue weighted by atomic mass is 9.86. The van der Waals surface area contributed by atoms with E-state index in [1.165, 1.54) is 6.92 Å². The predicted molar refractivity (Wildman–Crippen MR) is 51.3 cm³/mol. The van der Waals surface area contributed by atoms with Gasteiger partial charge in [0.25, 0.3) is 5.67 Å². The molecule has 0 radical (unpaired) electrons. The number of hydrogen-bond donors (Lipinski definition) is 0. The van der Waals surface area contributed by atoms with Crippen LogP contribution in [0.25, 0.3) is 0 Å². The molecule has 2 atom stereocenters. The maximum Gasteiger partial charge on any atom is 0.457 e. The molecule has 0 aliphatic carbocycles. The number of ether oxygens (including phenoxy) is 1. The Hall–Kier alpha value is -1.16. The molecule has 0 saturated heterocycles. The summed E-state index contributed by atoms with van der Waals surface area (Å²) in [5.74, 6) is -10.4. The zero-order valence-corrected chi connectivity index (χ0v) is 10.7. The number of rotatable bonds is 5. The zero-order chi connectivity index (χ0) is 17.3. The van der Waals surface area contributed by atoms with E-state index in [9.17, 15) is 44.3 Å². The number of hydrogen-bond acceptors (Lipinski definition) is 2. The topological polar surface area (TPSA) is 26.3 Å². The van der Waals surface area contributed by atoms with Crippen molar-refractivity contribution in [2.75, 3.05) is 6.61 Å². The van der Waals surface area contributed by atoms with Gasteiger partial charge >= 0.3 is 24.2 Å². The minimum absolute atomic E-state index is 0.357.